The number of carbonyl (C=O) groups excluding carboxylic acids is 5. The molecule has 0 aliphatic carbocycles. The van der Waals surface area contributed by atoms with Crippen LogP contribution in [0.25, 0.3) is 0 Å². The van der Waals surface area contributed by atoms with Crippen LogP contribution in [0.15, 0.2) is 0 Å². The second-order valence-electron chi connectivity index (χ2n) is 10.1. The smallest absolute Gasteiger partial charge is 0.323 e. The Hall–Kier alpha value is -3.26. The van der Waals surface area contributed by atoms with Crippen molar-refractivity contribution in [2.45, 2.75) is 32.4 Å². The van der Waals surface area contributed by atoms with E-state index in [0.29, 0.717) is 0 Å². The summed E-state index contributed by atoms with van der Waals surface area (Å²) in [5.74, 6) is -3.94. The third-order valence-corrected chi connectivity index (χ3v) is 5.98. The molecule has 0 bridgehead atoms. The van der Waals surface area contributed by atoms with E-state index in [-0.39, 0.29) is 31.1 Å². The fourth-order valence-corrected chi connectivity index (χ4v) is 2.86. The Morgan fingerprint density at radius 1 is 0.622 bits per heavy atom. The largest absolute Gasteiger partial charge is 0.480 e. The molecule has 0 saturated carbocycles. The molecule has 0 aliphatic rings. The van der Waals surface area contributed by atoms with Gasteiger partial charge in [-0.15, -0.1) is 0 Å². The number of likely N-dealkylation sites (N-methyl/N-ethyl adjacent to an activating group) is 6. The van der Waals surface area contributed by atoms with Crippen LogP contribution in [0.3, 0.4) is 0 Å². The van der Waals surface area contributed by atoms with Crippen molar-refractivity contribution in [2.24, 2.45) is 0 Å². The molecule has 0 aliphatic heterocycles. The molecule has 0 radical (unpaired) electrons. The third-order valence-electron chi connectivity index (χ3n) is 5.98. The summed E-state index contributed by atoms with van der Waals surface area (Å²) >= 11 is 0. The number of rotatable bonds is 13. The number of aliphatic carboxylic acids is 1. The molecule has 0 aromatic heterocycles. The molecule has 0 aromatic carbocycles. The van der Waals surface area contributed by atoms with E-state index in [2.05, 4.69) is 0 Å². The van der Waals surface area contributed by atoms with Gasteiger partial charge in [0.15, 0.2) is 0 Å². The van der Waals surface area contributed by atoms with Crippen LogP contribution in [0.5, 0.6) is 0 Å². The van der Waals surface area contributed by atoms with Crippen molar-refractivity contribution < 1.29 is 39.0 Å². The third kappa shape index (κ3) is 11.1. The molecule has 14 heteroatoms. The van der Waals surface area contributed by atoms with E-state index in [1.165, 1.54) is 35.2 Å². The lowest BCUT2D eigenvalue weighted by Crippen LogP contribution is -2.55. The molecule has 2 N–H and O–H groups in total. The number of carboxylic acid groups (broad SMARTS) is 1. The minimum Gasteiger partial charge on any atom is -0.480 e. The van der Waals surface area contributed by atoms with E-state index in [4.69, 9.17) is 5.11 Å². The van der Waals surface area contributed by atoms with Crippen molar-refractivity contribution in [3.05, 3.63) is 0 Å². The number of hydrogen-bond donors (Lipinski definition) is 2. The Morgan fingerprint density at radius 2 is 1.00 bits per heavy atom. The maximum absolute atomic E-state index is 12.9. The Morgan fingerprint density at radius 3 is 1.35 bits per heavy atom. The van der Waals surface area contributed by atoms with Crippen LogP contribution in [0.1, 0.15) is 20.8 Å². The highest BCUT2D eigenvalue weighted by atomic mass is 16.4. The van der Waals surface area contributed by atoms with Crippen molar-refractivity contribution in [1.29, 1.82) is 0 Å². The predicted molar refractivity (Wildman–Crippen MR) is 134 cm³/mol. The molecule has 14 nitrogen and oxygen atoms in total. The average molecular weight is 531 g/mol. The van der Waals surface area contributed by atoms with Gasteiger partial charge in [0.25, 0.3) is 0 Å². The molecule has 0 rings (SSSR count). The van der Waals surface area contributed by atoms with Crippen molar-refractivity contribution in [3.8, 4) is 0 Å². The van der Waals surface area contributed by atoms with Crippen molar-refractivity contribution in [2.75, 3.05) is 81.6 Å². The molecule has 0 spiro atoms. The van der Waals surface area contributed by atoms with Crippen LogP contribution in [-0.4, -0.2) is 168 Å². The summed E-state index contributed by atoms with van der Waals surface area (Å²) in [6.07, 6.45) is 0. The summed E-state index contributed by atoms with van der Waals surface area (Å²) in [4.78, 5) is 80.4. The number of nitrogens with zero attached hydrogens (tertiary/aromatic N) is 6. The van der Waals surface area contributed by atoms with E-state index >= 15 is 0 Å². The van der Waals surface area contributed by atoms with Crippen LogP contribution >= 0.6 is 0 Å². The maximum Gasteiger partial charge on any atom is 0.323 e. The number of carboxylic acids is 1. The average Bonchev–Trinajstić information content (AvgIpc) is 2.77. The highest BCUT2D eigenvalue weighted by Gasteiger charge is 2.31. The van der Waals surface area contributed by atoms with Gasteiger partial charge in [-0.1, -0.05) is 0 Å². The highest BCUT2D eigenvalue weighted by Crippen LogP contribution is 2.11. The normalized spacial score (nSPS) is 12.0. The second kappa shape index (κ2) is 14.5. The van der Waals surface area contributed by atoms with Gasteiger partial charge in [-0.3, -0.25) is 33.7 Å². The first-order valence-electron chi connectivity index (χ1n) is 11.6. The lowest BCUT2D eigenvalue weighted by atomic mass is 10.1. The first-order chi connectivity index (χ1) is 16.8. The van der Waals surface area contributed by atoms with Crippen molar-refractivity contribution in [3.63, 3.8) is 0 Å². The van der Waals surface area contributed by atoms with Crippen molar-refractivity contribution in [1.82, 2.24) is 29.4 Å². The summed E-state index contributed by atoms with van der Waals surface area (Å²) in [5.41, 5.74) is -0.282. The SMILES string of the molecule is CN(CC(=O)O)C(=O)CN(C)C(=O)CN(C)C(=O)CN(C)C(=O)[C@H](CO)N(C)C(=O)CN(C)C(C)(C)C. The lowest BCUT2D eigenvalue weighted by Gasteiger charge is -2.35. The Bertz CT molecular complexity index is 859. The number of aliphatic hydroxyl groups is 1. The highest BCUT2D eigenvalue weighted by molar-refractivity contribution is 5.92. The lowest BCUT2D eigenvalue weighted by molar-refractivity contribution is -0.149. The number of amides is 5. The van der Waals surface area contributed by atoms with Crippen LogP contribution < -0.4 is 0 Å². The fourth-order valence-electron chi connectivity index (χ4n) is 2.86. The number of hydrogen-bond acceptors (Lipinski definition) is 8. The molecule has 212 valence electrons. The van der Waals surface area contributed by atoms with Crippen LogP contribution in [-0.2, 0) is 28.8 Å². The summed E-state index contributed by atoms with van der Waals surface area (Å²) in [6.45, 7) is 3.52. The standard InChI is InChI=1S/C23H42N6O8/c1-23(2,3)28(8)13-20(34)29(9)16(15-30)22(37)27(7)12-19(33)25(5)10-17(31)24(4)11-18(32)26(6)14-21(35)36/h16,30H,10-15H2,1-9H3,(H,35,36)/t16-/m0/s1. The molecule has 0 aromatic rings. The minimum atomic E-state index is -1.19. The van der Waals surface area contributed by atoms with Gasteiger partial charge in [0.05, 0.1) is 32.8 Å². The van der Waals surface area contributed by atoms with Gasteiger partial charge in [0, 0.05) is 40.8 Å². The van der Waals surface area contributed by atoms with E-state index in [9.17, 15) is 33.9 Å². The summed E-state index contributed by atoms with van der Waals surface area (Å²) in [7, 11) is 8.52. The molecule has 0 saturated heterocycles. The predicted octanol–water partition coefficient (Wildman–Crippen LogP) is -2.55. The van der Waals surface area contributed by atoms with Gasteiger partial charge < -0.3 is 34.7 Å². The minimum absolute atomic E-state index is 0.0272. The molecule has 0 fully saturated rings. The molecule has 5 amide bonds. The molecule has 0 unspecified atom stereocenters. The molecule has 37 heavy (non-hydrogen) atoms. The zero-order valence-electron chi connectivity index (χ0n) is 23.3. The zero-order chi connectivity index (χ0) is 29.2. The van der Waals surface area contributed by atoms with E-state index < -0.39 is 55.3 Å². The second-order valence-corrected chi connectivity index (χ2v) is 10.1. The molecule has 0 heterocycles. The maximum atomic E-state index is 12.9. The molecule has 1 atom stereocenters. The monoisotopic (exact) mass is 530 g/mol. The molecular formula is C23H42N6O8. The summed E-state index contributed by atoms with van der Waals surface area (Å²) < 4.78 is 0. The van der Waals surface area contributed by atoms with Gasteiger partial charge in [-0.05, 0) is 27.8 Å². The van der Waals surface area contributed by atoms with E-state index in [0.717, 1.165) is 24.5 Å². The van der Waals surface area contributed by atoms with Gasteiger partial charge in [-0.25, -0.2) is 0 Å². The van der Waals surface area contributed by atoms with E-state index in [1.54, 1.807) is 11.9 Å². The Kier molecular flexibility index (Phi) is 13.2. The summed E-state index contributed by atoms with van der Waals surface area (Å²) in [6, 6.07) is -1.19. The van der Waals surface area contributed by atoms with Gasteiger partial charge >= 0.3 is 5.97 Å². The van der Waals surface area contributed by atoms with E-state index in [1.807, 2.05) is 20.8 Å². The number of aliphatic hydroxyl groups excluding tert-OH is 1. The molecular weight excluding hydrogens is 488 g/mol. The Labute approximate surface area is 218 Å². The fraction of sp³-hybridized carbons (Fsp3) is 0.739. The first-order valence-corrected chi connectivity index (χ1v) is 11.6. The van der Waals surface area contributed by atoms with Crippen LogP contribution in [0.2, 0.25) is 0 Å². The van der Waals surface area contributed by atoms with Crippen molar-refractivity contribution >= 4 is 35.5 Å². The van der Waals surface area contributed by atoms with Crippen LogP contribution in [0, 0.1) is 0 Å². The quantitative estimate of drug-likeness (QED) is 0.261. The van der Waals surface area contributed by atoms with Gasteiger partial charge in [0.2, 0.25) is 29.5 Å². The van der Waals surface area contributed by atoms with Gasteiger partial charge in [-0.2, -0.15) is 0 Å². The van der Waals surface area contributed by atoms with Crippen LogP contribution in [0.4, 0.5) is 0 Å². The first kappa shape index (κ1) is 33.7. The summed E-state index contributed by atoms with van der Waals surface area (Å²) in [5, 5.41) is 18.5. The zero-order valence-corrected chi connectivity index (χ0v) is 23.3. The topological polar surface area (TPSA) is 162 Å². The Balaban J connectivity index is 5.01. The number of carbonyl (C=O) groups is 6. The van der Waals surface area contributed by atoms with Gasteiger partial charge in [0.1, 0.15) is 12.6 Å².